The first-order valence-corrected chi connectivity index (χ1v) is 5.52. The minimum absolute atomic E-state index is 0.0106. The number of rotatable bonds is 3. The van der Waals surface area contributed by atoms with Crippen LogP contribution in [0.25, 0.3) is 0 Å². The molecule has 3 nitrogen and oxygen atoms in total. The number of carbonyl (C=O) groups excluding carboxylic acids is 1. The van der Waals surface area contributed by atoms with Crippen molar-refractivity contribution in [3.63, 3.8) is 0 Å². The molecule has 1 rings (SSSR count). The van der Waals surface area contributed by atoms with Crippen molar-refractivity contribution in [1.82, 2.24) is 4.90 Å². The minimum Gasteiger partial charge on any atom is -0.449 e. The number of hydrogen-bond donors (Lipinski definition) is 0. The lowest BCUT2D eigenvalue weighted by molar-refractivity contribution is 0.0797. The highest BCUT2D eigenvalue weighted by Crippen LogP contribution is 2.28. The quantitative estimate of drug-likeness (QED) is 0.654. The van der Waals surface area contributed by atoms with E-state index in [1.807, 2.05) is 4.90 Å². The van der Waals surface area contributed by atoms with E-state index in [0.29, 0.717) is 6.61 Å². The largest absolute Gasteiger partial charge is 0.449 e. The molecule has 0 aliphatic carbocycles. The molecular weight excluding hydrogens is 178 g/mol. The highest BCUT2D eigenvalue weighted by molar-refractivity contribution is 5.69. The summed E-state index contributed by atoms with van der Waals surface area (Å²) in [5.74, 6) is 0. The summed E-state index contributed by atoms with van der Waals surface area (Å²) >= 11 is 0. The maximum atomic E-state index is 11.6. The van der Waals surface area contributed by atoms with Crippen LogP contribution in [0.3, 0.4) is 0 Å². The summed E-state index contributed by atoms with van der Waals surface area (Å²) in [6.45, 7) is 7.69. The zero-order valence-electron chi connectivity index (χ0n) is 9.51. The van der Waals surface area contributed by atoms with E-state index >= 15 is 0 Å². The van der Waals surface area contributed by atoms with Crippen molar-refractivity contribution in [3.05, 3.63) is 0 Å². The van der Waals surface area contributed by atoms with Crippen molar-refractivity contribution >= 4 is 6.09 Å². The van der Waals surface area contributed by atoms with E-state index in [-0.39, 0.29) is 11.6 Å². The zero-order valence-corrected chi connectivity index (χ0v) is 9.51. The Morgan fingerprint density at radius 2 is 2.21 bits per heavy atom. The fraction of sp³-hybridized carbons (Fsp3) is 0.909. The van der Waals surface area contributed by atoms with E-state index < -0.39 is 0 Å². The van der Waals surface area contributed by atoms with Gasteiger partial charge in [-0.05, 0) is 33.1 Å². The van der Waals surface area contributed by atoms with E-state index in [0.717, 1.165) is 32.2 Å². The Morgan fingerprint density at radius 1 is 1.50 bits per heavy atom. The maximum Gasteiger partial charge on any atom is 0.410 e. The number of nitrogens with zero attached hydrogens (tertiary/aromatic N) is 1. The van der Waals surface area contributed by atoms with Crippen LogP contribution in [0.5, 0.6) is 0 Å². The average Bonchev–Trinajstić information content (AvgIpc) is 2.45. The van der Waals surface area contributed by atoms with Gasteiger partial charge in [-0.15, -0.1) is 0 Å². The second kappa shape index (κ2) is 4.67. The van der Waals surface area contributed by atoms with Gasteiger partial charge in [0.25, 0.3) is 0 Å². The van der Waals surface area contributed by atoms with E-state index in [1.54, 1.807) is 0 Å². The molecule has 1 aliphatic heterocycles. The fourth-order valence-electron chi connectivity index (χ4n) is 1.83. The second-order valence-corrected chi connectivity index (χ2v) is 4.54. The summed E-state index contributed by atoms with van der Waals surface area (Å²) in [5, 5.41) is 0. The van der Waals surface area contributed by atoms with Crippen molar-refractivity contribution < 1.29 is 9.53 Å². The van der Waals surface area contributed by atoms with Crippen LogP contribution >= 0.6 is 0 Å². The molecule has 14 heavy (non-hydrogen) atoms. The number of hydrogen-bond acceptors (Lipinski definition) is 2. The molecule has 3 heteroatoms. The van der Waals surface area contributed by atoms with Crippen LogP contribution in [0.4, 0.5) is 4.79 Å². The first-order valence-electron chi connectivity index (χ1n) is 5.52. The molecule has 0 spiro atoms. The molecular formula is C11H21NO2. The smallest absolute Gasteiger partial charge is 0.410 e. The number of amides is 1. The van der Waals surface area contributed by atoms with Crippen LogP contribution in [0.2, 0.25) is 0 Å². The molecule has 0 aromatic rings. The van der Waals surface area contributed by atoms with Gasteiger partial charge in [0.05, 0.1) is 6.61 Å². The predicted molar refractivity (Wildman–Crippen MR) is 56.3 cm³/mol. The molecule has 0 aromatic carbocycles. The van der Waals surface area contributed by atoms with Gasteiger partial charge in [0.2, 0.25) is 0 Å². The molecule has 82 valence electrons. The number of likely N-dealkylation sites (tertiary alicyclic amines) is 1. The molecule has 1 heterocycles. The third-order valence-corrected chi connectivity index (χ3v) is 2.84. The predicted octanol–water partition coefficient (Wildman–Crippen LogP) is 2.80. The topological polar surface area (TPSA) is 29.5 Å². The summed E-state index contributed by atoms with van der Waals surface area (Å²) in [7, 11) is 0. The van der Waals surface area contributed by atoms with Crippen LogP contribution < -0.4 is 0 Å². The Labute approximate surface area is 86.4 Å². The lowest BCUT2D eigenvalue weighted by Gasteiger charge is -2.30. The van der Waals surface area contributed by atoms with Gasteiger partial charge in [0, 0.05) is 12.1 Å². The van der Waals surface area contributed by atoms with Gasteiger partial charge in [-0.2, -0.15) is 0 Å². The van der Waals surface area contributed by atoms with Crippen molar-refractivity contribution in [2.75, 3.05) is 13.2 Å². The highest BCUT2D eigenvalue weighted by Gasteiger charge is 2.36. The standard InChI is InChI=1S/C11H21NO2/c1-4-5-9-14-10(13)12-8-6-7-11(12,2)3/h4-9H2,1-3H3. The molecule has 0 saturated carbocycles. The Hall–Kier alpha value is -0.730. The summed E-state index contributed by atoms with van der Waals surface area (Å²) in [6, 6.07) is 0. The van der Waals surface area contributed by atoms with Gasteiger partial charge >= 0.3 is 6.09 Å². The molecule has 1 fully saturated rings. The molecule has 1 saturated heterocycles. The van der Waals surface area contributed by atoms with Gasteiger partial charge in [-0.3, -0.25) is 0 Å². The molecule has 0 radical (unpaired) electrons. The van der Waals surface area contributed by atoms with Crippen molar-refractivity contribution in [1.29, 1.82) is 0 Å². The van der Waals surface area contributed by atoms with Crippen LogP contribution in [0.1, 0.15) is 46.5 Å². The van der Waals surface area contributed by atoms with Crippen molar-refractivity contribution in [2.24, 2.45) is 0 Å². The summed E-state index contributed by atoms with van der Waals surface area (Å²) in [6.07, 6.45) is 4.06. The van der Waals surface area contributed by atoms with Gasteiger partial charge < -0.3 is 9.64 Å². The third-order valence-electron chi connectivity index (χ3n) is 2.84. The monoisotopic (exact) mass is 199 g/mol. The Morgan fingerprint density at radius 3 is 2.71 bits per heavy atom. The molecule has 1 aliphatic rings. The molecule has 0 N–H and O–H groups in total. The van der Waals surface area contributed by atoms with Crippen LogP contribution in [-0.4, -0.2) is 29.7 Å². The summed E-state index contributed by atoms with van der Waals surface area (Å²) in [5.41, 5.74) is -0.0106. The van der Waals surface area contributed by atoms with Gasteiger partial charge in [-0.25, -0.2) is 4.79 Å². The Balaban J connectivity index is 2.36. The van der Waals surface area contributed by atoms with E-state index in [1.165, 1.54) is 0 Å². The SMILES string of the molecule is CCCCOC(=O)N1CCCC1(C)C. The zero-order chi connectivity index (χ0) is 10.6. The highest BCUT2D eigenvalue weighted by atomic mass is 16.6. The van der Waals surface area contributed by atoms with Gasteiger partial charge in [0.1, 0.15) is 0 Å². The summed E-state index contributed by atoms with van der Waals surface area (Å²) < 4.78 is 5.19. The van der Waals surface area contributed by atoms with E-state index in [9.17, 15) is 4.79 Å². The van der Waals surface area contributed by atoms with Gasteiger partial charge in [-0.1, -0.05) is 13.3 Å². The van der Waals surface area contributed by atoms with Crippen LogP contribution in [0, 0.1) is 0 Å². The normalized spacial score (nSPS) is 19.8. The molecule has 0 bridgehead atoms. The lowest BCUT2D eigenvalue weighted by Crippen LogP contribution is -2.43. The molecule has 0 unspecified atom stereocenters. The minimum atomic E-state index is -0.138. The molecule has 0 atom stereocenters. The first-order chi connectivity index (χ1) is 6.58. The Kier molecular flexibility index (Phi) is 3.78. The Bertz CT molecular complexity index is 201. The molecule has 0 aromatic heterocycles. The van der Waals surface area contributed by atoms with Crippen LogP contribution in [0.15, 0.2) is 0 Å². The lowest BCUT2D eigenvalue weighted by atomic mass is 10.0. The van der Waals surface area contributed by atoms with E-state index in [2.05, 4.69) is 20.8 Å². The fourth-order valence-corrected chi connectivity index (χ4v) is 1.83. The second-order valence-electron chi connectivity index (χ2n) is 4.54. The third kappa shape index (κ3) is 2.63. The maximum absolute atomic E-state index is 11.6. The van der Waals surface area contributed by atoms with E-state index in [4.69, 9.17) is 4.74 Å². The summed E-state index contributed by atoms with van der Waals surface area (Å²) in [4.78, 5) is 13.5. The number of carbonyl (C=O) groups is 1. The van der Waals surface area contributed by atoms with Crippen LogP contribution in [-0.2, 0) is 4.74 Å². The first kappa shape index (κ1) is 11.3. The average molecular weight is 199 g/mol. The number of ether oxygens (including phenoxy) is 1. The van der Waals surface area contributed by atoms with Crippen molar-refractivity contribution in [3.8, 4) is 0 Å². The van der Waals surface area contributed by atoms with Crippen molar-refractivity contribution in [2.45, 2.75) is 52.0 Å². The molecule has 1 amide bonds. The van der Waals surface area contributed by atoms with Gasteiger partial charge in [0.15, 0.2) is 0 Å². The number of unbranched alkanes of at least 4 members (excludes halogenated alkanes) is 1.